The zero-order chi connectivity index (χ0) is 12.6. The molecule has 2 unspecified atom stereocenters. The molecule has 0 aliphatic heterocycles. The van der Waals surface area contributed by atoms with Crippen molar-refractivity contribution in [2.24, 2.45) is 5.84 Å². The van der Waals surface area contributed by atoms with Gasteiger partial charge in [0.2, 0.25) is 0 Å². The lowest BCUT2D eigenvalue weighted by Gasteiger charge is -2.31. The summed E-state index contributed by atoms with van der Waals surface area (Å²) in [6.07, 6.45) is 2.88. The predicted molar refractivity (Wildman–Crippen MR) is 69.1 cm³/mol. The molecule has 0 aromatic rings. The van der Waals surface area contributed by atoms with Crippen molar-refractivity contribution in [3.63, 3.8) is 0 Å². The highest BCUT2D eigenvalue weighted by Crippen LogP contribution is 2.10. The third-order valence-electron chi connectivity index (χ3n) is 3.04. The Hall–Kier alpha value is -0.160. The van der Waals surface area contributed by atoms with E-state index in [4.69, 9.17) is 5.84 Å². The van der Waals surface area contributed by atoms with E-state index in [9.17, 15) is 5.11 Å². The van der Waals surface area contributed by atoms with Crippen molar-refractivity contribution in [1.82, 2.24) is 9.91 Å². The molecule has 98 valence electrons. The molecule has 3 N–H and O–H groups in total. The number of nitrogens with two attached hydrogens (primary N) is 1. The molecule has 0 fully saturated rings. The minimum atomic E-state index is -0.205. The van der Waals surface area contributed by atoms with Gasteiger partial charge in [-0.2, -0.15) is 0 Å². The molecule has 0 amide bonds. The Morgan fingerprint density at radius 2 is 1.81 bits per heavy atom. The number of hydrogen-bond donors (Lipinski definition) is 2. The Morgan fingerprint density at radius 3 is 2.19 bits per heavy atom. The largest absolute Gasteiger partial charge is 0.393 e. The van der Waals surface area contributed by atoms with Gasteiger partial charge in [0.15, 0.2) is 0 Å². The molecule has 0 rings (SSSR count). The maximum absolute atomic E-state index is 9.31. The van der Waals surface area contributed by atoms with Gasteiger partial charge in [-0.25, -0.2) is 0 Å². The zero-order valence-electron chi connectivity index (χ0n) is 11.3. The normalized spacial score (nSPS) is 15.8. The molecule has 0 aromatic carbocycles. The minimum Gasteiger partial charge on any atom is -0.393 e. The summed E-state index contributed by atoms with van der Waals surface area (Å²) in [5, 5.41) is 11.1. The number of nitrogens with zero attached hydrogens (tertiary/aromatic N) is 2. The molecule has 0 aliphatic rings. The zero-order valence-corrected chi connectivity index (χ0v) is 11.3. The van der Waals surface area contributed by atoms with E-state index in [1.807, 2.05) is 14.0 Å². The number of hydrogen-bond acceptors (Lipinski definition) is 4. The highest BCUT2D eigenvalue weighted by atomic mass is 16.3. The number of rotatable bonds is 9. The van der Waals surface area contributed by atoms with E-state index in [0.29, 0.717) is 6.04 Å². The molecule has 16 heavy (non-hydrogen) atoms. The Balaban J connectivity index is 4.05. The van der Waals surface area contributed by atoms with Gasteiger partial charge in [0.25, 0.3) is 0 Å². The first-order valence-corrected chi connectivity index (χ1v) is 6.39. The van der Waals surface area contributed by atoms with Gasteiger partial charge in [-0.15, -0.1) is 0 Å². The van der Waals surface area contributed by atoms with Crippen LogP contribution in [0.3, 0.4) is 0 Å². The fourth-order valence-electron chi connectivity index (χ4n) is 1.95. The van der Waals surface area contributed by atoms with Crippen LogP contribution in [-0.2, 0) is 0 Å². The fourth-order valence-corrected chi connectivity index (χ4v) is 1.95. The van der Waals surface area contributed by atoms with Crippen molar-refractivity contribution < 1.29 is 5.11 Å². The van der Waals surface area contributed by atoms with Gasteiger partial charge >= 0.3 is 0 Å². The first-order valence-electron chi connectivity index (χ1n) is 6.39. The molecule has 2 atom stereocenters. The van der Waals surface area contributed by atoms with Gasteiger partial charge in [0, 0.05) is 26.2 Å². The van der Waals surface area contributed by atoms with Crippen LogP contribution >= 0.6 is 0 Å². The van der Waals surface area contributed by atoms with Crippen molar-refractivity contribution in [3.05, 3.63) is 0 Å². The number of aliphatic hydroxyl groups is 1. The molecule has 0 spiro atoms. The van der Waals surface area contributed by atoms with E-state index in [0.717, 1.165) is 38.9 Å². The van der Waals surface area contributed by atoms with Crippen LogP contribution < -0.4 is 5.84 Å². The molecule has 0 saturated heterocycles. The summed E-state index contributed by atoms with van der Waals surface area (Å²) in [6, 6.07) is 0.578. The van der Waals surface area contributed by atoms with Gasteiger partial charge in [-0.3, -0.25) is 10.9 Å². The van der Waals surface area contributed by atoms with Gasteiger partial charge in [0.05, 0.1) is 6.10 Å². The van der Waals surface area contributed by atoms with E-state index in [1.165, 1.54) is 0 Å². The summed E-state index contributed by atoms with van der Waals surface area (Å²) >= 11 is 0. The SMILES string of the molecule is CCC(CCN(C)N)N(CC)CCC(C)O. The van der Waals surface area contributed by atoms with Gasteiger partial charge in [-0.05, 0) is 32.7 Å². The highest BCUT2D eigenvalue weighted by molar-refractivity contribution is 4.71. The molecular formula is C12H29N3O. The molecule has 0 aromatic heterocycles. The van der Waals surface area contributed by atoms with Crippen LogP contribution in [0.1, 0.15) is 40.0 Å². The van der Waals surface area contributed by atoms with Gasteiger partial charge < -0.3 is 10.0 Å². The lowest BCUT2D eigenvalue weighted by Crippen LogP contribution is -2.39. The maximum Gasteiger partial charge on any atom is 0.0524 e. The second kappa shape index (κ2) is 8.93. The van der Waals surface area contributed by atoms with Crippen molar-refractivity contribution in [2.45, 2.75) is 52.2 Å². The summed E-state index contributed by atoms with van der Waals surface area (Å²) in [7, 11) is 1.90. The van der Waals surface area contributed by atoms with Crippen molar-refractivity contribution >= 4 is 0 Å². The molecule has 0 saturated carbocycles. The highest BCUT2D eigenvalue weighted by Gasteiger charge is 2.15. The van der Waals surface area contributed by atoms with E-state index in [2.05, 4.69) is 18.7 Å². The first kappa shape index (κ1) is 15.8. The van der Waals surface area contributed by atoms with Crippen LogP contribution in [0.4, 0.5) is 0 Å². The maximum atomic E-state index is 9.31. The monoisotopic (exact) mass is 231 g/mol. The average Bonchev–Trinajstić information content (AvgIpc) is 2.22. The summed E-state index contributed by atoms with van der Waals surface area (Å²) in [6.45, 7) is 9.18. The third kappa shape index (κ3) is 7.17. The molecule has 0 radical (unpaired) electrons. The van der Waals surface area contributed by atoms with Crippen LogP contribution in [0.2, 0.25) is 0 Å². The molecule has 4 nitrogen and oxygen atoms in total. The predicted octanol–water partition coefficient (Wildman–Crippen LogP) is 1.05. The molecule has 0 heterocycles. The lowest BCUT2D eigenvalue weighted by atomic mass is 10.1. The molecule has 0 aliphatic carbocycles. The fraction of sp³-hybridized carbons (Fsp3) is 1.00. The van der Waals surface area contributed by atoms with Crippen LogP contribution in [0, 0.1) is 0 Å². The quantitative estimate of drug-likeness (QED) is 0.460. The van der Waals surface area contributed by atoms with Gasteiger partial charge in [0.1, 0.15) is 0 Å². The van der Waals surface area contributed by atoms with Gasteiger partial charge in [-0.1, -0.05) is 13.8 Å². The average molecular weight is 231 g/mol. The third-order valence-corrected chi connectivity index (χ3v) is 3.04. The lowest BCUT2D eigenvalue weighted by molar-refractivity contribution is 0.126. The number of hydrazine groups is 1. The van der Waals surface area contributed by atoms with Crippen LogP contribution in [0.25, 0.3) is 0 Å². The van der Waals surface area contributed by atoms with E-state index >= 15 is 0 Å². The summed E-state index contributed by atoms with van der Waals surface area (Å²) < 4.78 is 0. The molecular weight excluding hydrogens is 202 g/mol. The number of aliphatic hydroxyl groups excluding tert-OH is 1. The van der Waals surface area contributed by atoms with Crippen molar-refractivity contribution in [1.29, 1.82) is 0 Å². The van der Waals surface area contributed by atoms with Crippen LogP contribution in [0.5, 0.6) is 0 Å². The summed E-state index contributed by atoms with van der Waals surface area (Å²) in [4.78, 5) is 2.44. The van der Waals surface area contributed by atoms with Crippen molar-refractivity contribution in [2.75, 3.05) is 26.7 Å². The molecule has 0 bridgehead atoms. The van der Waals surface area contributed by atoms with Crippen LogP contribution in [-0.4, -0.2) is 53.8 Å². The smallest absolute Gasteiger partial charge is 0.0524 e. The second-order valence-electron chi connectivity index (χ2n) is 4.60. The molecule has 4 heteroatoms. The Labute approximate surface area is 100 Å². The first-order chi connectivity index (χ1) is 7.51. The topological polar surface area (TPSA) is 52.7 Å². The Morgan fingerprint density at radius 1 is 1.19 bits per heavy atom. The van der Waals surface area contributed by atoms with Crippen molar-refractivity contribution in [3.8, 4) is 0 Å². The van der Waals surface area contributed by atoms with E-state index in [-0.39, 0.29) is 6.10 Å². The Bertz CT molecular complexity index is 144. The standard InChI is InChI=1S/C12H29N3O/c1-5-12(8-9-14(4)13)15(6-2)10-7-11(3)16/h11-12,16H,5-10,13H2,1-4H3. The second-order valence-corrected chi connectivity index (χ2v) is 4.60. The van der Waals surface area contributed by atoms with Crippen LogP contribution in [0.15, 0.2) is 0 Å². The minimum absolute atomic E-state index is 0.205. The Kier molecular flexibility index (Phi) is 8.84. The summed E-state index contributed by atoms with van der Waals surface area (Å²) in [5.41, 5.74) is 0. The van der Waals surface area contributed by atoms with E-state index in [1.54, 1.807) is 5.01 Å². The van der Waals surface area contributed by atoms with E-state index < -0.39 is 0 Å². The summed E-state index contributed by atoms with van der Waals surface area (Å²) in [5.74, 6) is 5.63.